The lowest BCUT2D eigenvalue weighted by atomic mass is 10.1. The molecule has 0 bridgehead atoms. The van der Waals surface area contributed by atoms with Gasteiger partial charge in [0.25, 0.3) is 5.92 Å². The van der Waals surface area contributed by atoms with Crippen LogP contribution in [-0.4, -0.2) is 44.4 Å². The van der Waals surface area contributed by atoms with Gasteiger partial charge in [-0.3, -0.25) is 0 Å². The van der Waals surface area contributed by atoms with Gasteiger partial charge in [0, 0.05) is 18.5 Å². The first-order valence-corrected chi connectivity index (χ1v) is 7.52. The molecule has 0 spiro atoms. The Labute approximate surface area is 138 Å². The van der Waals surface area contributed by atoms with Gasteiger partial charge in [-0.15, -0.1) is 5.10 Å². The van der Waals surface area contributed by atoms with E-state index in [0.29, 0.717) is 0 Å². The summed E-state index contributed by atoms with van der Waals surface area (Å²) in [6, 6.07) is 7.05. The van der Waals surface area contributed by atoms with Crippen LogP contribution in [0.2, 0.25) is 0 Å². The molecule has 4 rings (SSSR count). The van der Waals surface area contributed by atoms with E-state index in [1.54, 1.807) is 6.07 Å². The van der Waals surface area contributed by atoms with Crippen LogP contribution in [0.25, 0.3) is 11.2 Å². The quantitative estimate of drug-likeness (QED) is 0.734. The van der Waals surface area contributed by atoms with Crippen LogP contribution in [0.15, 0.2) is 30.3 Å². The maximum Gasteiger partial charge on any atom is 0.331 e. The number of aromatic nitrogens is 5. The lowest BCUT2D eigenvalue weighted by Crippen LogP contribution is -2.28. The minimum Gasteiger partial charge on any atom is -0.348 e. The van der Waals surface area contributed by atoms with Crippen LogP contribution in [0.3, 0.4) is 0 Å². The number of nitrogens with one attached hydrogen (secondary N) is 1. The predicted octanol–water partition coefficient (Wildman–Crippen LogP) is 2.73. The normalized spacial score (nSPS) is 17.4. The number of aromatic amines is 1. The third-order valence-corrected chi connectivity index (χ3v) is 4.05. The summed E-state index contributed by atoms with van der Waals surface area (Å²) in [6.07, 6.45) is -0.374. The van der Waals surface area contributed by atoms with Crippen molar-refractivity contribution in [2.75, 3.05) is 18.0 Å². The highest BCUT2D eigenvalue weighted by molar-refractivity contribution is 5.82. The van der Waals surface area contributed by atoms with Gasteiger partial charge in [0.05, 0.1) is 6.54 Å². The van der Waals surface area contributed by atoms with Crippen molar-refractivity contribution in [3.8, 4) is 0 Å². The van der Waals surface area contributed by atoms with E-state index in [4.69, 9.17) is 0 Å². The Hall–Kier alpha value is -2.78. The molecule has 1 N–H and O–H groups in total. The summed E-state index contributed by atoms with van der Waals surface area (Å²) in [5.74, 6) is -7.26. The molecule has 0 amide bonds. The van der Waals surface area contributed by atoms with Crippen LogP contribution >= 0.6 is 0 Å². The van der Waals surface area contributed by atoms with E-state index < -0.39 is 24.2 Å². The van der Waals surface area contributed by atoms with Gasteiger partial charge in [0.2, 0.25) is 11.5 Å². The van der Waals surface area contributed by atoms with Crippen molar-refractivity contribution < 1.29 is 17.6 Å². The van der Waals surface area contributed by atoms with Gasteiger partial charge >= 0.3 is 5.92 Å². The van der Waals surface area contributed by atoms with Crippen LogP contribution in [0.4, 0.5) is 23.4 Å². The van der Waals surface area contributed by atoms with Gasteiger partial charge in [0.1, 0.15) is 0 Å². The highest BCUT2D eigenvalue weighted by Crippen LogP contribution is 2.37. The number of halogens is 4. The van der Waals surface area contributed by atoms with Gasteiger partial charge < -0.3 is 4.90 Å². The molecule has 0 unspecified atom stereocenters. The number of benzene rings is 1. The molecule has 1 saturated heterocycles. The molecule has 1 fully saturated rings. The SMILES string of the molecule is FC1(F)CCN(c2nc(C(F)(F)c3ccccc3)nc3n[nH]nc23)C1. The molecule has 2 aromatic heterocycles. The number of hydrogen-bond acceptors (Lipinski definition) is 5. The number of alkyl halides is 4. The number of fused-ring (bicyclic) bond motifs is 1. The van der Waals surface area contributed by atoms with E-state index in [1.165, 1.54) is 29.2 Å². The number of hydrogen-bond donors (Lipinski definition) is 1. The van der Waals surface area contributed by atoms with Gasteiger partial charge in [-0.05, 0) is 0 Å². The van der Waals surface area contributed by atoms with Gasteiger partial charge in [-0.1, -0.05) is 30.3 Å². The van der Waals surface area contributed by atoms with E-state index in [0.717, 1.165) is 0 Å². The molecular weight excluding hydrogens is 340 g/mol. The molecule has 0 saturated carbocycles. The molecule has 1 aliphatic rings. The molecule has 3 heterocycles. The fourth-order valence-electron chi connectivity index (χ4n) is 2.79. The fraction of sp³-hybridized carbons (Fsp3) is 0.333. The van der Waals surface area contributed by atoms with Crippen molar-refractivity contribution in [1.82, 2.24) is 25.4 Å². The Morgan fingerprint density at radius 2 is 1.84 bits per heavy atom. The van der Waals surface area contributed by atoms with Crippen LogP contribution in [0.5, 0.6) is 0 Å². The zero-order valence-corrected chi connectivity index (χ0v) is 12.8. The summed E-state index contributed by atoms with van der Waals surface area (Å²) in [6.45, 7) is -0.620. The summed E-state index contributed by atoms with van der Waals surface area (Å²) < 4.78 is 56.6. The van der Waals surface area contributed by atoms with Crippen molar-refractivity contribution in [3.05, 3.63) is 41.7 Å². The topological polar surface area (TPSA) is 70.6 Å². The van der Waals surface area contributed by atoms with Gasteiger partial charge in [-0.2, -0.15) is 19.1 Å². The Morgan fingerprint density at radius 1 is 1.08 bits per heavy atom. The van der Waals surface area contributed by atoms with Crippen molar-refractivity contribution in [2.24, 2.45) is 0 Å². The predicted molar refractivity (Wildman–Crippen MR) is 80.7 cm³/mol. The molecule has 3 aromatic rings. The maximum absolute atomic E-state index is 14.8. The average molecular weight is 352 g/mol. The van der Waals surface area contributed by atoms with E-state index in [1.807, 2.05) is 0 Å². The van der Waals surface area contributed by atoms with Gasteiger partial charge in [-0.25, -0.2) is 18.7 Å². The number of H-pyrrole nitrogens is 1. The van der Waals surface area contributed by atoms with Crippen LogP contribution in [-0.2, 0) is 5.92 Å². The Bertz CT molecular complexity index is 911. The van der Waals surface area contributed by atoms with E-state index in [2.05, 4.69) is 25.4 Å². The molecule has 130 valence electrons. The van der Waals surface area contributed by atoms with Crippen molar-refractivity contribution in [1.29, 1.82) is 0 Å². The summed E-state index contributed by atoms with van der Waals surface area (Å²) in [5, 5.41) is 9.81. The fourth-order valence-corrected chi connectivity index (χ4v) is 2.79. The Balaban J connectivity index is 1.84. The summed E-state index contributed by atoms with van der Waals surface area (Å²) in [7, 11) is 0. The van der Waals surface area contributed by atoms with E-state index in [-0.39, 0.29) is 35.5 Å². The minimum atomic E-state index is -3.49. The zero-order chi connectivity index (χ0) is 17.7. The van der Waals surface area contributed by atoms with Crippen LogP contribution in [0, 0.1) is 0 Å². The first-order valence-electron chi connectivity index (χ1n) is 7.52. The lowest BCUT2D eigenvalue weighted by molar-refractivity contribution is 0.0256. The summed E-state index contributed by atoms with van der Waals surface area (Å²) in [5.41, 5.74) is -0.299. The minimum absolute atomic E-state index is 0.0116. The second-order valence-electron chi connectivity index (χ2n) is 5.83. The Morgan fingerprint density at radius 3 is 2.52 bits per heavy atom. The molecule has 0 atom stereocenters. The number of rotatable bonds is 3. The standard InChI is InChI=1S/C15H12F4N6/c16-14(17)6-7-25(8-14)12-10-11(23-24-22-10)20-13(21-12)15(18,19)9-4-2-1-3-5-9/h1-5H,6-8H2,(H,20,21,22,23,24). The number of nitrogens with zero attached hydrogens (tertiary/aromatic N) is 5. The molecule has 6 nitrogen and oxygen atoms in total. The highest BCUT2D eigenvalue weighted by Gasteiger charge is 2.42. The summed E-state index contributed by atoms with van der Waals surface area (Å²) >= 11 is 0. The second-order valence-corrected chi connectivity index (χ2v) is 5.83. The zero-order valence-electron chi connectivity index (χ0n) is 12.8. The third-order valence-electron chi connectivity index (χ3n) is 4.05. The van der Waals surface area contributed by atoms with E-state index in [9.17, 15) is 17.6 Å². The maximum atomic E-state index is 14.8. The van der Waals surface area contributed by atoms with Crippen LogP contribution in [0.1, 0.15) is 17.8 Å². The first-order chi connectivity index (χ1) is 11.9. The molecule has 1 aliphatic heterocycles. The van der Waals surface area contributed by atoms with Crippen LogP contribution < -0.4 is 4.90 Å². The second kappa shape index (κ2) is 5.36. The lowest BCUT2D eigenvalue weighted by Gasteiger charge is -2.20. The van der Waals surface area contributed by atoms with Crippen molar-refractivity contribution in [3.63, 3.8) is 0 Å². The van der Waals surface area contributed by atoms with Gasteiger partial charge in [0.15, 0.2) is 11.3 Å². The third kappa shape index (κ3) is 2.67. The highest BCUT2D eigenvalue weighted by atomic mass is 19.3. The molecule has 0 aliphatic carbocycles. The average Bonchev–Trinajstić information content (AvgIpc) is 3.20. The van der Waals surface area contributed by atoms with Crippen molar-refractivity contribution in [2.45, 2.75) is 18.3 Å². The Kier molecular flexibility index (Phi) is 3.37. The molecule has 25 heavy (non-hydrogen) atoms. The monoisotopic (exact) mass is 352 g/mol. The summed E-state index contributed by atoms with van der Waals surface area (Å²) in [4.78, 5) is 8.88. The molecule has 1 aromatic carbocycles. The molecule has 10 heteroatoms. The van der Waals surface area contributed by atoms with Crippen molar-refractivity contribution >= 4 is 17.0 Å². The molecule has 0 radical (unpaired) electrons. The number of anilines is 1. The molecular formula is C15H12F4N6. The smallest absolute Gasteiger partial charge is 0.331 e. The first kappa shape index (κ1) is 15.7. The van der Waals surface area contributed by atoms with E-state index >= 15 is 0 Å². The largest absolute Gasteiger partial charge is 0.348 e.